The lowest BCUT2D eigenvalue weighted by Crippen LogP contribution is -2.17. The van der Waals surface area contributed by atoms with Gasteiger partial charge in [0.25, 0.3) is 5.91 Å². The predicted molar refractivity (Wildman–Crippen MR) is 69.7 cm³/mol. The number of nitrogens with zero attached hydrogens (tertiary/aromatic N) is 2. The molecular weight excluding hydrogens is 284 g/mol. The number of amides is 1. The first kappa shape index (κ1) is 11.7. The number of rotatable bonds is 2. The van der Waals surface area contributed by atoms with Crippen molar-refractivity contribution < 1.29 is 4.79 Å². The standard InChI is InChI=1S/C11H11BrN4O/c1-16-6-14-10(13)9(16)11(17)15-8-4-2-7(12)3-5-8/h2-6H,13H2,1H3,(H,15,17). The summed E-state index contributed by atoms with van der Waals surface area (Å²) in [7, 11) is 1.72. The summed E-state index contributed by atoms with van der Waals surface area (Å²) in [6.07, 6.45) is 1.51. The molecule has 6 heteroatoms. The van der Waals surface area contributed by atoms with Crippen molar-refractivity contribution in [3.8, 4) is 0 Å². The highest BCUT2D eigenvalue weighted by Crippen LogP contribution is 2.16. The topological polar surface area (TPSA) is 72.9 Å². The lowest BCUT2D eigenvalue weighted by Gasteiger charge is -2.06. The molecule has 0 bridgehead atoms. The van der Waals surface area contributed by atoms with Crippen LogP contribution in [0.15, 0.2) is 35.1 Å². The van der Waals surface area contributed by atoms with Crippen LogP contribution < -0.4 is 11.1 Å². The highest BCUT2D eigenvalue weighted by molar-refractivity contribution is 9.10. The molecular formula is C11H11BrN4O. The van der Waals surface area contributed by atoms with Gasteiger partial charge in [-0.15, -0.1) is 0 Å². The maximum Gasteiger partial charge on any atom is 0.276 e. The van der Waals surface area contributed by atoms with Crippen molar-refractivity contribution in [2.75, 3.05) is 11.1 Å². The number of carbonyl (C=O) groups excluding carboxylic acids is 1. The molecule has 3 N–H and O–H groups in total. The second-order valence-corrected chi connectivity index (χ2v) is 4.47. The van der Waals surface area contributed by atoms with E-state index in [0.717, 1.165) is 4.47 Å². The first-order valence-corrected chi connectivity index (χ1v) is 5.71. The normalized spacial score (nSPS) is 10.2. The van der Waals surface area contributed by atoms with Gasteiger partial charge >= 0.3 is 0 Å². The number of carbonyl (C=O) groups is 1. The quantitative estimate of drug-likeness (QED) is 0.890. The van der Waals surface area contributed by atoms with Gasteiger partial charge in [-0.05, 0) is 24.3 Å². The number of aryl methyl sites for hydroxylation is 1. The van der Waals surface area contributed by atoms with E-state index < -0.39 is 0 Å². The number of hydrogen-bond donors (Lipinski definition) is 2. The highest BCUT2D eigenvalue weighted by Gasteiger charge is 2.14. The highest BCUT2D eigenvalue weighted by atomic mass is 79.9. The zero-order chi connectivity index (χ0) is 12.4. The SMILES string of the molecule is Cn1cnc(N)c1C(=O)Nc1ccc(Br)cc1. The van der Waals surface area contributed by atoms with E-state index in [0.29, 0.717) is 11.4 Å². The fourth-order valence-corrected chi connectivity index (χ4v) is 1.71. The summed E-state index contributed by atoms with van der Waals surface area (Å²) in [6.45, 7) is 0. The van der Waals surface area contributed by atoms with E-state index in [1.165, 1.54) is 6.33 Å². The number of imidazole rings is 1. The number of anilines is 2. The van der Waals surface area contributed by atoms with E-state index in [1.54, 1.807) is 23.7 Å². The second kappa shape index (κ2) is 4.58. The Balaban J connectivity index is 2.20. The van der Waals surface area contributed by atoms with Crippen molar-refractivity contribution in [1.29, 1.82) is 0 Å². The molecule has 0 radical (unpaired) electrons. The third-order valence-corrected chi connectivity index (χ3v) is 2.81. The Kier molecular flexibility index (Phi) is 3.14. The van der Waals surface area contributed by atoms with Crippen LogP contribution in [0.2, 0.25) is 0 Å². The molecule has 0 saturated carbocycles. The van der Waals surface area contributed by atoms with E-state index in [4.69, 9.17) is 5.73 Å². The van der Waals surface area contributed by atoms with Gasteiger partial charge in [-0.2, -0.15) is 0 Å². The van der Waals surface area contributed by atoms with Crippen LogP contribution in [-0.2, 0) is 7.05 Å². The molecule has 0 spiro atoms. The first-order valence-electron chi connectivity index (χ1n) is 4.91. The van der Waals surface area contributed by atoms with Gasteiger partial charge in [-0.25, -0.2) is 4.98 Å². The van der Waals surface area contributed by atoms with E-state index in [-0.39, 0.29) is 11.7 Å². The lowest BCUT2D eigenvalue weighted by molar-refractivity contribution is 0.102. The lowest BCUT2D eigenvalue weighted by atomic mass is 10.3. The average Bonchev–Trinajstić information content (AvgIpc) is 2.62. The number of nitrogen functional groups attached to an aromatic ring is 1. The third-order valence-electron chi connectivity index (χ3n) is 2.28. The molecule has 0 aliphatic carbocycles. The molecule has 1 aromatic heterocycles. The minimum absolute atomic E-state index is 0.224. The fraction of sp³-hybridized carbons (Fsp3) is 0.0909. The van der Waals surface area contributed by atoms with E-state index in [9.17, 15) is 4.79 Å². The molecule has 0 aliphatic heterocycles. The van der Waals surface area contributed by atoms with Crippen LogP contribution >= 0.6 is 15.9 Å². The Morgan fingerprint density at radius 1 is 1.41 bits per heavy atom. The summed E-state index contributed by atoms with van der Waals surface area (Å²) in [5.41, 5.74) is 6.68. The van der Waals surface area contributed by atoms with Crippen LogP contribution in [0.3, 0.4) is 0 Å². The molecule has 0 fully saturated rings. The van der Waals surface area contributed by atoms with Gasteiger partial charge in [-0.1, -0.05) is 15.9 Å². The third kappa shape index (κ3) is 2.47. The summed E-state index contributed by atoms with van der Waals surface area (Å²) in [5.74, 6) is -0.0491. The van der Waals surface area contributed by atoms with Gasteiger partial charge in [0.2, 0.25) is 0 Å². The Hall–Kier alpha value is -1.82. The first-order chi connectivity index (χ1) is 8.08. The van der Waals surface area contributed by atoms with Crippen molar-refractivity contribution in [1.82, 2.24) is 9.55 Å². The minimum atomic E-state index is -0.273. The molecule has 1 amide bonds. The molecule has 88 valence electrons. The van der Waals surface area contributed by atoms with Gasteiger partial charge < -0.3 is 15.6 Å². The number of nitrogens with two attached hydrogens (primary N) is 1. The van der Waals surface area contributed by atoms with E-state index in [1.807, 2.05) is 12.1 Å². The number of benzene rings is 1. The van der Waals surface area contributed by atoms with E-state index >= 15 is 0 Å². The largest absolute Gasteiger partial charge is 0.382 e. The van der Waals surface area contributed by atoms with Gasteiger partial charge in [0, 0.05) is 17.2 Å². The number of halogens is 1. The number of hydrogen-bond acceptors (Lipinski definition) is 3. The van der Waals surface area contributed by atoms with Crippen LogP contribution in [0, 0.1) is 0 Å². The summed E-state index contributed by atoms with van der Waals surface area (Å²) in [6, 6.07) is 7.30. The molecule has 0 atom stereocenters. The van der Waals surface area contributed by atoms with Crippen molar-refractivity contribution in [3.63, 3.8) is 0 Å². The Labute approximate surface area is 107 Å². The molecule has 0 unspecified atom stereocenters. The summed E-state index contributed by atoms with van der Waals surface area (Å²) >= 11 is 3.33. The van der Waals surface area contributed by atoms with Crippen molar-refractivity contribution in [2.24, 2.45) is 7.05 Å². The second-order valence-electron chi connectivity index (χ2n) is 3.55. The molecule has 1 aromatic carbocycles. The van der Waals surface area contributed by atoms with Crippen LogP contribution in [0.4, 0.5) is 11.5 Å². The smallest absolute Gasteiger partial charge is 0.276 e. The zero-order valence-corrected chi connectivity index (χ0v) is 10.7. The summed E-state index contributed by atoms with van der Waals surface area (Å²) < 4.78 is 2.54. The number of aromatic nitrogens is 2. The summed E-state index contributed by atoms with van der Waals surface area (Å²) in [5, 5.41) is 2.75. The van der Waals surface area contributed by atoms with Crippen LogP contribution in [0.5, 0.6) is 0 Å². The van der Waals surface area contributed by atoms with Crippen LogP contribution in [0.25, 0.3) is 0 Å². The molecule has 5 nitrogen and oxygen atoms in total. The molecule has 1 heterocycles. The van der Waals surface area contributed by atoms with Crippen LogP contribution in [0.1, 0.15) is 10.5 Å². The van der Waals surface area contributed by atoms with Gasteiger partial charge in [0.15, 0.2) is 11.5 Å². The van der Waals surface area contributed by atoms with Crippen molar-refractivity contribution in [3.05, 3.63) is 40.8 Å². The van der Waals surface area contributed by atoms with Gasteiger partial charge in [0.05, 0.1) is 6.33 Å². The number of nitrogens with one attached hydrogen (secondary N) is 1. The molecule has 17 heavy (non-hydrogen) atoms. The maximum atomic E-state index is 11.9. The van der Waals surface area contributed by atoms with E-state index in [2.05, 4.69) is 26.2 Å². The zero-order valence-electron chi connectivity index (χ0n) is 9.14. The van der Waals surface area contributed by atoms with Gasteiger partial charge in [-0.3, -0.25) is 4.79 Å². The Morgan fingerprint density at radius 2 is 2.06 bits per heavy atom. The predicted octanol–water partition coefficient (Wildman–Crippen LogP) is 2.02. The Bertz CT molecular complexity index is 528. The Morgan fingerprint density at radius 3 is 2.59 bits per heavy atom. The minimum Gasteiger partial charge on any atom is -0.382 e. The van der Waals surface area contributed by atoms with Gasteiger partial charge in [0.1, 0.15) is 0 Å². The average molecular weight is 295 g/mol. The maximum absolute atomic E-state index is 11.9. The van der Waals surface area contributed by atoms with Crippen LogP contribution in [-0.4, -0.2) is 15.5 Å². The van der Waals surface area contributed by atoms with Crippen molar-refractivity contribution in [2.45, 2.75) is 0 Å². The fourth-order valence-electron chi connectivity index (χ4n) is 1.45. The monoisotopic (exact) mass is 294 g/mol. The molecule has 2 aromatic rings. The molecule has 0 aliphatic rings. The molecule has 2 rings (SSSR count). The molecule has 0 saturated heterocycles. The van der Waals surface area contributed by atoms with Crippen molar-refractivity contribution >= 4 is 33.3 Å². The summed E-state index contributed by atoms with van der Waals surface area (Å²) in [4.78, 5) is 15.8.